The fraction of sp³-hybridized carbons (Fsp3) is 0.367. The van der Waals surface area contributed by atoms with Gasteiger partial charge in [-0.05, 0) is 61.1 Å². The summed E-state index contributed by atoms with van der Waals surface area (Å²) in [5, 5.41) is 13.1. The maximum Gasteiger partial charge on any atom is 0.253 e. The number of ether oxygens (including phenoxy) is 1. The van der Waals surface area contributed by atoms with Crippen LogP contribution in [0.3, 0.4) is 0 Å². The highest BCUT2D eigenvalue weighted by atomic mass is 32.2. The molecule has 0 radical (unpaired) electrons. The molecule has 1 amide bonds. The van der Waals surface area contributed by atoms with Crippen molar-refractivity contribution in [3.05, 3.63) is 72.3 Å². The molecular formula is C30H32N6O5S. The molecule has 1 spiro atoms. The number of carbonyl (C=O) groups is 1. The highest BCUT2D eigenvalue weighted by Gasteiger charge is 2.42. The molecule has 218 valence electrons. The molecule has 4 aromatic rings. The maximum absolute atomic E-state index is 12.6. The van der Waals surface area contributed by atoms with Crippen molar-refractivity contribution in [2.45, 2.75) is 36.8 Å². The van der Waals surface area contributed by atoms with Crippen molar-refractivity contribution in [3.63, 3.8) is 0 Å². The average molecular weight is 589 g/mol. The van der Waals surface area contributed by atoms with Crippen LogP contribution in [0, 0.1) is 5.41 Å². The van der Waals surface area contributed by atoms with Crippen molar-refractivity contribution in [1.29, 1.82) is 0 Å². The second kappa shape index (κ2) is 11.3. The minimum absolute atomic E-state index is 0.0165. The van der Waals surface area contributed by atoms with E-state index in [9.17, 15) is 18.3 Å². The lowest BCUT2D eigenvalue weighted by atomic mass is 9.77. The summed E-state index contributed by atoms with van der Waals surface area (Å²) in [6.45, 7) is 2.71. The van der Waals surface area contributed by atoms with E-state index in [1.165, 1.54) is 18.5 Å². The van der Waals surface area contributed by atoms with E-state index in [4.69, 9.17) is 14.7 Å². The largest absolute Gasteiger partial charge is 0.394 e. The van der Waals surface area contributed by atoms with Gasteiger partial charge >= 0.3 is 0 Å². The van der Waals surface area contributed by atoms with Gasteiger partial charge in [-0.25, -0.2) is 18.4 Å². The zero-order chi connectivity index (χ0) is 29.3. The van der Waals surface area contributed by atoms with Crippen molar-refractivity contribution in [2.24, 2.45) is 5.41 Å². The molecule has 2 aliphatic rings. The van der Waals surface area contributed by atoms with Gasteiger partial charge in [0.1, 0.15) is 5.82 Å². The number of hydrogen-bond donors (Lipinski definition) is 2. The van der Waals surface area contributed by atoms with E-state index >= 15 is 0 Å². The Kier molecular flexibility index (Phi) is 7.60. The van der Waals surface area contributed by atoms with Gasteiger partial charge in [0.05, 0.1) is 58.9 Å². The molecule has 11 nitrogen and oxygen atoms in total. The molecule has 4 aromatic heterocycles. The number of piperidine rings is 1. The molecule has 2 fully saturated rings. The first kappa shape index (κ1) is 28.1. The summed E-state index contributed by atoms with van der Waals surface area (Å²) in [4.78, 5) is 33.0. The van der Waals surface area contributed by atoms with Crippen LogP contribution >= 0.6 is 0 Å². The molecule has 42 heavy (non-hydrogen) atoms. The highest BCUT2D eigenvalue weighted by molar-refractivity contribution is 7.90. The minimum Gasteiger partial charge on any atom is -0.394 e. The first-order valence-corrected chi connectivity index (χ1v) is 15.7. The van der Waals surface area contributed by atoms with Crippen LogP contribution in [0.2, 0.25) is 0 Å². The number of anilines is 1. The second-order valence-corrected chi connectivity index (χ2v) is 13.1. The molecule has 6 heterocycles. The van der Waals surface area contributed by atoms with Crippen molar-refractivity contribution in [3.8, 4) is 11.4 Å². The molecule has 1 atom stereocenters. The monoisotopic (exact) mass is 588 g/mol. The van der Waals surface area contributed by atoms with E-state index in [0.29, 0.717) is 12.3 Å². The van der Waals surface area contributed by atoms with Crippen LogP contribution in [0.1, 0.15) is 35.3 Å². The highest BCUT2D eigenvalue weighted by Crippen LogP contribution is 2.42. The Bertz CT molecular complexity index is 1740. The number of aliphatic hydroxyl groups excluding tert-OH is 1. The number of nitrogens with one attached hydrogen (secondary N) is 1. The number of hydrogen-bond acceptors (Lipinski definition) is 10. The molecule has 12 heteroatoms. The molecule has 0 aliphatic carbocycles. The van der Waals surface area contributed by atoms with Gasteiger partial charge in [0.2, 0.25) is 0 Å². The lowest BCUT2D eigenvalue weighted by molar-refractivity contribution is 0.0506. The van der Waals surface area contributed by atoms with Crippen molar-refractivity contribution in [1.82, 2.24) is 25.3 Å². The maximum atomic E-state index is 12.6. The normalized spacial score (nSPS) is 18.4. The predicted molar refractivity (Wildman–Crippen MR) is 157 cm³/mol. The lowest BCUT2D eigenvalue weighted by Crippen LogP contribution is -2.41. The fourth-order valence-electron chi connectivity index (χ4n) is 5.63. The SMILES string of the molecule is CS(=O)(=O)c1cncc(C(=O)NCc2cc3nc(-c4cccc(N5CCC6(CC5)COC(CO)C6)n4)ccc3cn2)c1. The molecule has 6 rings (SSSR count). The van der Waals surface area contributed by atoms with E-state index < -0.39 is 15.7 Å². The van der Waals surface area contributed by atoms with E-state index in [1.54, 1.807) is 6.20 Å². The summed E-state index contributed by atoms with van der Waals surface area (Å²) in [6, 6.07) is 13.0. The van der Waals surface area contributed by atoms with Gasteiger partial charge in [-0.3, -0.25) is 14.8 Å². The number of carbonyl (C=O) groups excluding carboxylic acids is 1. The number of amides is 1. The van der Waals surface area contributed by atoms with Crippen LogP contribution in [0.15, 0.2) is 66.0 Å². The van der Waals surface area contributed by atoms with Crippen molar-refractivity contribution >= 4 is 32.5 Å². The van der Waals surface area contributed by atoms with Crippen molar-refractivity contribution < 1.29 is 23.1 Å². The van der Waals surface area contributed by atoms with Crippen LogP contribution in [0.4, 0.5) is 5.82 Å². The molecule has 2 saturated heterocycles. The van der Waals surface area contributed by atoms with Crippen LogP contribution < -0.4 is 10.2 Å². The lowest BCUT2D eigenvalue weighted by Gasteiger charge is -2.39. The third-order valence-corrected chi connectivity index (χ3v) is 9.18. The number of fused-ring (bicyclic) bond motifs is 1. The number of sulfone groups is 1. The van der Waals surface area contributed by atoms with E-state index in [0.717, 1.165) is 66.7 Å². The summed E-state index contributed by atoms with van der Waals surface area (Å²) in [5.41, 5.74) is 3.14. The van der Waals surface area contributed by atoms with Gasteiger partial charge in [-0.2, -0.15) is 0 Å². The Morgan fingerprint density at radius 2 is 1.90 bits per heavy atom. The van der Waals surface area contributed by atoms with Crippen LogP contribution in [0.5, 0.6) is 0 Å². The first-order valence-electron chi connectivity index (χ1n) is 13.9. The van der Waals surface area contributed by atoms with Gasteiger partial charge in [0.15, 0.2) is 9.84 Å². The summed E-state index contributed by atoms with van der Waals surface area (Å²) in [5.74, 6) is 0.462. The predicted octanol–water partition coefficient (Wildman–Crippen LogP) is 2.79. The van der Waals surface area contributed by atoms with E-state index in [1.807, 2.05) is 36.4 Å². The first-order chi connectivity index (χ1) is 20.2. The summed E-state index contributed by atoms with van der Waals surface area (Å²) in [6.07, 6.45) is 8.21. The number of nitrogens with zero attached hydrogens (tertiary/aromatic N) is 5. The molecule has 2 N–H and O–H groups in total. The number of aliphatic hydroxyl groups is 1. The third kappa shape index (κ3) is 5.96. The Morgan fingerprint density at radius 3 is 2.67 bits per heavy atom. The summed E-state index contributed by atoms with van der Waals surface area (Å²) >= 11 is 0. The summed E-state index contributed by atoms with van der Waals surface area (Å²) < 4.78 is 29.4. The Hall–Kier alpha value is -4.00. The topological polar surface area (TPSA) is 148 Å². The zero-order valence-electron chi connectivity index (χ0n) is 23.2. The Balaban J connectivity index is 1.15. The quantitative estimate of drug-likeness (QED) is 0.330. The fourth-order valence-corrected chi connectivity index (χ4v) is 6.22. The third-order valence-electron chi connectivity index (χ3n) is 8.10. The smallest absolute Gasteiger partial charge is 0.253 e. The molecule has 0 aromatic carbocycles. The van der Waals surface area contributed by atoms with Crippen molar-refractivity contribution in [2.75, 3.05) is 37.5 Å². The van der Waals surface area contributed by atoms with E-state index in [-0.39, 0.29) is 35.1 Å². The molecule has 2 aliphatic heterocycles. The molecule has 1 unspecified atom stereocenters. The van der Waals surface area contributed by atoms with Gasteiger partial charge in [-0.15, -0.1) is 0 Å². The molecular weight excluding hydrogens is 556 g/mol. The van der Waals surface area contributed by atoms with Crippen LogP contribution in [-0.2, 0) is 21.1 Å². The van der Waals surface area contributed by atoms with Gasteiger partial charge in [-0.1, -0.05) is 6.07 Å². The molecule has 0 saturated carbocycles. The van der Waals surface area contributed by atoms with Gasteiger partial charge in [0, 0.05) is 43.3 Å². The molecule has 0 bridgehead atoms. The van der Waals surface area contributed by atoms with Crippen LogP contribution in [-0.4, -0.2) is 78.0 Å². The van der Waals surface area contributed by atoms with E-state index in [2.05, 4.69) is 20.2 Å². The number of rotatable bonds is 7. The number of pyridine rings is 4. The average Bonchev–Trinajstić information content (AvgIpc) is 3.42. The Morgan fingerprint density at radius 1 is 1.10 bits per heavy atom. The zero-order valence-corrected chi connectivity index (χ0v) is 24.0. The second-order valence-electron chi connectivity index (χ2n) is 11.1. The Labute approximate surface area is 243 Å². The van der Waals surface area contributed by atoms with Gasteiger partial charge < -0.3 is 20.1 Å². The minimum atomic E-state index is -3.48. The van der Waals surface area contributed by atoms with Gasteiger partial charge in [0.25, 0.3) is 5.91 Å². The van der Waals surface area contributed by atoms with Crippen LogP contribution in [0.25, 0.3) is 22.3 Å². The standard InChI is InChI=1S/C30H32N6O5S/c1-42(39,40)24-11-21(14-31-17-24)29(38)33-16-22-12-27-20(15-32-22)5-6-26(34-27)25-3-2-4-28(35-25)36-9-7-30(8-10-36)13-23(18-37)41-19-30/h2-6,11-12,14-15,17,23,37H,7-10,13,16,18-19H2,1H3,(H,33,38). The summed E-state index contributed by atoms with van der Waals surface area (Å²) in [7, 11) is -3.48. The number of aromatic nitrogens is 4.